The number of nitrogens with zero attached hydrogens (tertiary/aromatic N) is 2. The van der Waals surface area contributed by atoms with Crippen molar-refractivity contribution in [3.05, 3.63) is 36.2 Å². The third kappa shape index (κ3) is 2.30. The average molecular weight is 257 g/mol. The van der Waals surface area contributed by atoms with E-state index in [0.29, 0.717) is 5.92 Å². The number of hydrogen-bond acceptors (Lipinski definition) is 3. The number of benzene rings is 1. The van der Waals surface area contributed by atoms with Crippen LogP contribution < -0.4 is 10.5 Å². The van der Waals surface area contributed by atoms with Gasteiger partial charge in [-0.2, -0.15) is 5.10 Å². The number of nitrogens with two attached hydrogens (primary N) is 1. The third-order valence-electron chi connectivity index (χ3n) is 3.85. The summed E-state index contributed by atoms with van der Waals surface area (Å²) in [5.74, 6) is 1.39. The molecule has 1 aromatic heterocycles. The molecule has 3 rings (SSSR count). The zero-order valence-electron chi connectivity index (χ0n) is 11.2. The lowest BCUT2D eigenvalue weighted by Gasteiger charge is -2.06. The van der Waals surface area contributed by atoms with E-state index < -0.39 is 0 Å². The molecule has 0 amide bonds. The number of anilines is 1. The first-order chi connectivity index (χ1) is 9.28. The quantitative estimate of drug-likeness (QED) is 0.919. The highest BCUT2D eigenvalue weighted by Gasteiger charge is 2.22. The second kappa shape index (κ2) is 4.96. The molecule has 4 nitrogen and oxygen atoms in total. The number of rotatable bonds is 3. The van der Waals surface area contributed by atoms with E-state index in [1.807, 2.05) is 35.1 Å². The summed E-state index contributed by atoms with van der Waals surface area (Å²) in [6.07, 6.45) is 6.92. The van der Waals surface area contributed by atoms with Gasteiger partial charge in [0, 0.05) is 5.92 Å². The Balaban J connectivity index is 1.90. The summed E-state index contributed by atoms with van der Waals surface area (Å²) in [6.45, 7) is 0. The van der Waals surface area contributed by atoms with Gasteiger partial charge in [0.2, 0.25) is 0 Å². The molecule has 0 spiro atoms. The number of ether oxygens (including phenoxy) is 1. The Morgan fingerprint density at radius 3 is 2.53 bits per heavy atom. The molecule has 0 radical (unpaired) electrons. The third-order valence-corrected chi connectivity index (χ3v) is 3.85. The first kappa shape index (κ1) is 12.1. The van der Waals surface area contributed by atoms with Gasteiger partial charge in [-0.05, 0) is 37.1 Å². The van der Waals surface area contributed by atoms with Crippen LogP contribution in [0.1, 0.15) is 37.3 Å². The van der Waals surface area contributed by atoms with Gasteiger partial charge in [0.1, 0.15) is 5.75 Å². The van der Waals surface area contributed by atoms with Gasteiger partial charge in [-0.3, -0.25) is 0 Å². The lowest BCUT2D eigenvalue weighted by Crippen LogP contribution is -2.00. The normalized spacial score (nSPS) is 15.8. The predicted molar refractivity (Wildman–Crippen MR) is 75.7 cm³/mol. The molecule has 0 bridgehead atoms. The van der Waals surface area contributed by atoms with Crippen molar-refractivity contribution in [3.8, 4) is 11.4 Å². The first-order valence-electron chi connectivity index (χ1n) is 6.77. The van der Waals surface area contributed by atoms with E-state index >= 15 is 0 Å². The van der Waals surface area contributed by atoms with Crippen LogP contribution in [0.15, 0.2) is 30.5 Å². The summed E-state index contributed by atoms with van der Waals surface area (Å²) in [5.41, 5.74) is 8.99. The molecular formula is C15H19N3O. The van der Waals surface area contributed by atoms with Crippen molar-refractivity contribution in [1.82, 2.24) is 9.78 Å². The Morgan fingerprint density at radius 2 is 1.89 bits per heavy atom. The van der Waals surface area contributed by atoms with Crippen LogP contribution in [0.3, 0.4) is 0 Å². The Hall–Kier alpha value is -1.97. The zero-order chi connectivity index (χ0) is 13.2. The van der Waals surface area contributed by atoms with Crippen LogP contribution in [0.4, 0.5) is 5.69 Å². The van der Waals surface area contributed by atoms with Gasteiger partial charge < -0.3 is 10.5 Å². The Bertz CT molecular complexity index is 553. The van der Waals surface area contributed by atoms with Crippen molar-refractivity contribution in [2.75, 3.05) is 12.8 Å². The van der Waals surface area contributed by atoms with Crippen LogP contribution in [-0.2, 0) is 0 Å². The molecule has 1 aliphatic rings. The molecule has 1 aromatic carbocycles. The SMILES string of the molecule is COc1ccc(-n2cc(N)c(C3CCCC3)n2)cc1. The van der Waals surface area contributed by atoms with Crippen molar-refractivity contribution in [2.45, 2.75) is 31.6 Å². The molecule has 0 saturated heterocycles. The number of nitrogen functional groups attached to an aromatic ring is 1. The minimum atomic E-state index is 0.541. The molecule has 1 fully saturated rings. The maximum absolute atomic E-state index is 6.11. The van der Waals surface area contributed by atoms with E-state index in [9.17, 15) is 0 Å². The molecule has 4 heteroatoms. The van der Waals surface area contributed by atoms with Gasteiger partial charge in [0.05, 0.1) is 30.4 Å². The van der Waals surface area contributed by atoms with Crippen molar-refractivity contribution in [2.24, 2.45) is 0 Å². The molecule has 1 aliphatic carbocycles. The molecule has 0 unspecified atom stereocenters. The van der Waals surface area contributed by atoms with Crippen LogP contribution in [0.2, 0.25) is 0 Å². The Morgan fingerprint density at radius 1 is 1.21 bits per heavy atom. The van der Waals surface area contributed by atoms with Gasteiger partial charge in [0.25, 0.3) is 0 Å². The first-order valence-corrected chi connectivity index (χ1v) is 6.77. The van der Waals surface area contributed by atoms with Gasteiger partial charge in [-0.15, -0.1) is 0 Å². The molecular weight excluding hydrogens is 238 g/mol. The molecule has 1 saturated carbocycles. The van der Waals surface area contributed by atoms with Crippen molar-refractivity contribution < 1.29 is 4.74 Å². The molecule has 19 heavy (non-hydrogen) atoms. The molecule has 2 aromatic rings. The van der Waals surface area contributed by atoms with E-state index in [-0.39, 0.29) is 0 Å². The van der Waals surface area contributed by atoms with Gasteiger partial charge in [0.15, 0.2) is 0 Å². The van der Waals surface area contributed by atoms with E-state index in [1.165, 1.54) is 25.7 Å². The topological polar surface area (TPSA) is 53.1 Å². The summed E-state index contributed by atoms with van der Waals surface area (Å²) >= 11 is 0. The van der Waals surface area contributed by atoms with E-state index in [0.717, 1.165) is 22.8 Å². The lowest BCUT2D eigenvalue weighted by atomic mass is 10.0. The van der Waals surface area contributed by atoms with E-state index in [2.05, 4.69) is 5.10 Å². The van der Waals surface area contributed by atoms with Crippen LogP contribution >= 0.6 is 0 Å². The van der Waals surface area contributed by atoms with Gasteiger partial charge in [-0.1, -0.05) is 12.8 Å². The molecule has 2 N–H and O–H groups in total. The number of methoxy groups -OCH3 is 1. The second-order valence-corrected chi connectivity index (χ2v) is 5.09. The largest absolute Gasteiger partial charge is 0.497 e. The van der Waals surface area contributed by atoms with Crippen LogP contribution in [0.25, 0.3) is 5.69 Å². The number of aromatic nitrogens is 2. The van der Waals surface area contributed by atoms with Gasteiger partial charge >= 0.3 is 0 Å². The summed E-state index contributed by atoms with van der Waals surface area (Å²) in [6, 6.07) is 7.85. The Labute approximate surface area is 113 Å². The molecule has 1 heterocycles. The van der Waals surface area contributed by atoms with Gasteiger partial charge in [-0.25, -0.2) is 4.68 Å². The summed E-state index contributed by atoms with van der Waals surface area (Å²) in [5, 5.41) is 4.67. The standard InChI is InChI=1S/C15H19N3O/c1-19-13-8-6-12(7-9-13)18-10-14(16)15(17-18)11-4-2-3-5-11/h6-11H,2-5,16H2,1H3. The van der Waals surface area contributed by atoms with E-state index in [4.69, 9.17) is 10.5 Å². The smallest absolute Gasteiger partial charge is 0.119 e. The van der Waals surface area contributed by atoms with Crippen molar-refractivity contribution in [1.29, 1.82) is 0 Å². The minimum Gasteiger partial charge on any atom is -0.497 e. The summed E-state index contributed by atoms with van der Waals surface area (Å²) in [4.78, 5) is 0. The highest BCUT2D eigenvalue weighted by Crippen LogP contribution is 2.36. The second-order valence-electron chi connectivity index (χ2n) is 5.09. The fourth-order valence-corrected chi connectivity index (χ4v) is 2.78. The maximum Gasteiger partial charge on any atom is 0.119 e. The summed E-state index contributed by atoms with van der Waals surface area (Å²) in [7, 11) is 1.67. The van der Waals surface area contributed by atoms with Crippen LogP contribution in [0.5, 0.6) is 5.75 Å². The highest BCUT2D eigenvalue weighted by atomic mass is 16.5. The predicted octanol–water partition coefficient (Wildman–Crippen LogP) is 3.12. The lowest BCUT2D eigenvalue weighted by molar-refractivity contribution is 0.414. The zero-order valence-corrected chi connectivity index (χ0v) is 11.2. The van der Waals surface area contributed by atoms with E-state index in [1.54, 1.807) is 7.11 Å². The molecule has 0 aliphatic heterocycles. The fourth-order valence-electron chi connectivity index (χ4n) is 2.78. The number of hydrogen-bond donors (Lipinski definition) is 1. The van der Waals surface area contributed by atoms with Crippen LogP contribution in [0, 0.1) is 0 Å². The monoisotopic (exact) mass is 257 g/mol. The minimum absolute atomic E-state index is 0.541. The average Bonchev–Trinajstić information content (AvgIpc) is 3.08. The summed E-state index contributed by atoms with van der Waals surface area (Å²) < 4.78 is 7.02. The fraction of sp³-hybridized carbons (Fsp3) is 0.400. The van der Waals surface area contributed by atoms with Crippen LogP contribution in [-0.4, -0.2) is 16.9 Å². The molecule has 100 valence electrons. The maximum atomic E-state index is 6.11. The van der Waals surface area contributed by atoms with Crippen molar-refractivity contribution >= 4 is 5.69 Å². The molecule has 0 atom stereocenters. The Kier molecular flexibility index (Phi) is 3.15. The highest BCUT2D eigenvalue weighted by molar-refractivity contribution is 5.47. The van der Waals surface area contributed by atoms with Crippen molar-refractivity contribution in [3.63, 3.8) is 0 Å².